The van der Waals surface area contributed by atoms with Crippen molar-refractivity contribution in [2.75, 3.05) is 48.8 Å². The fourth-order valence-corrected chi connectivity index (χ4v) is 5.74. The minimum Gasteiger partial charge on any atom is -0.480 e. The van der Waals surface area contributed by atoms with Crippen molar-refractivity contribution in [3.05, 3.63) is 64.3 Å². The van der Waals surface area contributed by atoms with Crippen molar-refractivity contribution in [1.82, 2.24) is 14.9 Å². The number of nitrogens with zero attached hydrogens (tertiary/aromatic N) is 5. The number of aliphatic carboxylic acids is 1. The lowest BCUT2D eigenvalue weighted by molar-refractivity contribution is -0.137. The largest absolute Gasteiger partial charge is 0.480 e. The van der Waals surface area contributed by atoms with Crippen molar-refractivity contribution in [3.63, 3.8) is 0 Å². The summed E-state index contributed by atoms with van der Waals surface area (Å²) in [5.41, 5.74) is 0.627. The highest BCUT2D eigenvalue weighted by Gasteiger charge is 2.29. The van der Waals surface area contributed by atoms with E-state index in [-0.39, 0.29) is 38.8 Å². The molecule has 0 fully saturated rings. The van der Waals surface area contributed by atoms with Crippen LogP contribution in [-0.2, 0) is 21.2 Å². The van der Waals surface area contributed by atoms with Crippen LogP contribution in [0.3, 0.4) is 0 Å². The summed E-state index contributed by atoms with van der Waals surface area (Å²) in [7, 11) is 0.181. The minimum atomic E-state index is -4.23. The molecule has 3 aromatic rings. The van der Waals surface area contributed by atoms with Crippen molar-refractivity contribution in [3.8, 4) is 5.75 Å². The van der Waals surface area contributed by atoms with E-state index < -0.39 is 28.1 Å². The third kappa shape index (κ3) is 7.72. The molecule has 0 spiro atoms. The van der Waals surface area contributed by atoms with Gasteiger partial charge in [-0.1, -0.05) is 35.3 Å². The summed E-state index contributed by atoms with van der Waals surface area (Å²) in [5, 5.41) is 13.2. The third-order valence-corrected chi connectivity index (χ3v) is 8.71. The normalized spacial score (nSPS) is 11.9. The molecule has 2 aromatic carbocycles. The van der Waals surface area contributed by atoms with Gasteiger partial charge in [-0.25, -0.2) is 23.0 Å². The second kappa shape index (κ2) is 13.9. The number of anilines is 3. The summed E-state index contributed by atoms with van der Waals surface area (Å²) in [6.45, 7) is 4.95. The molecule has 1 heterocycles. The molecule has 226 valence electrons. The smallest absolute Gasteiger partial charge is 0.414 e. The Morgan fingerprint density at radius 2 is 1.69 bits per heavy atom. The molecule has 1 amide bonds. The van der Waals surface area contributed by atoms with Crippen LogP contribution in [-0.4, -0.2) is 80.7 Å². The number of carboxylic acid groups (broad SMARTS) is 1. The van der Waals surface area contributed by atoms with Crippen LogP contribution in [0.4, 0.5) is 22.2 Å². The molecule has 0 aliphatic carbocycles. The maximum Gasteiger partial charge on any atom is 0.414 e. The number of carboxylic acids is 1. The summed E-state index contributed by atoms with van der Waals surface area (Å²) in [6, 6.07) is 9.17. The molecule has 0 saturated heterocycles. The number of aromatic nitrogens is 2. The first-order chi connectivity index (χ1) is 19.8. The predicted octanol–water partition coefficient (Wildman–Crippen LogP) is 4.62. The molecule has 0 aliphatic heterocycles. The number of hydrogen-bond donors (Lipinski definition) is 2. The molecular weight excluding hydrogens is 607 g/mol. The van der Waals surface area contributed by atoms with Crippen LogP contribution in [0.5, 0.6) is 5.75 Å². The SMILES string of the molecule is CCN(CC)c1ncc(N(C)S(=O)(=O)c2ccc(Cl)cc2Cl)c(NC(Cc2ccc(OC(=O)N(C)C)cc2)C(=O)O)n1. The molecule has 0 bridgehead atoms. The molecule has 1 aromatic heterocycles. The van der Waals surface area contributed by atoms with Gasteiger partial charge in [0.2, 0.25) is 5.95 Å². The summed E-state index contributed by atoms with van der Waals surface area (Å²) in [4.78, 5) is 36.0. The highest BCUT2D eigenvalue weighted by Crippen LogP contribution is 2.33. The van der Waals surface area contributed by atoms with Gasteiger partial charge in [-0.05, 0) is 49.7 Å². The topological polar surface area (TPSA) is 145 Å². The number of benzene rings is 2. The zero-order valence-electron chi connectivity index (χ0n) is 23.7. The van der Waals surface area contributed by atoms with Gasteiger partial charge in [-0.15, -0.1) is 0 Å². The van der Waals surface area contributed by atoms with Gasteiger partial charge in [0.25, 0.3) is 10.0 Å². The lowest BCUT2D eigenvalue weighted by Gasteiger charge is -2.26. The standard InChI is InChI=1S/C27H32Cl2N6O6S/c1-6-35(7-2)26-30-16-22(34(5)42(39,40)23-13-10-18(28)15-20(23)29)24(32-26)31-21(25(36)37)14-17-8-11-19(12-9-17)41-27(38)33(3)4/h8-13,15-16,21H,6-7,14H2,1-5H3,(H,36,37)(H,30,31,32). The number of amides is 1. The molecular formula is C27H32Cl2N6O6S. The first-order valence-electron chi connectivity index (χ1n) is 12.8. The quantitative estimate of drug-likeness (QED) is 0.288. The molecule has 42 heavy (non-hydrogen) atoms. The monoisotopic (exact) mass is 638 g/mol. The van der Waals surface area contributed by atoms with Crippen molar-refractivity contribution in [2.24, 2.45) is 0 Å². The second-order valence-corrected chi connectivity index (χ2v) is 12.1. The molecule has 15 heteroatoms. The van der Waals surface area contributed by atoms with E-state index in [0.29, 0.717) is 24.4 Å². The van der Waals surface area contributed by atoms with Gasteiger partial charge >= 0.3 is 12.1 Å². The number of nitrogens with one attached hydrogen (secondary N) is 1. The maximum absolute atomic E-state index is 13.6. The summed E-state index contributed by atoms with van der Waals surface area (Å²) < 4.78 is 33.3. The van der Waals surface area contributed by atoms with Gasteiger partial charge in [0.15, 0.2) is 5.82 Å². The molecule has 0 saturated carbocycles. The van der Waals surface area contributed by atoms with Crippen LogP contribution in [0.25, 0.3) is 0 Å². The van der Waals surface area contributed by atoms with Crippen LogP contribution in [0.15, 0.2) is 53.6 Å². The maximum atomic E-state index is 13.6. The molecule has 3 rings (SSSR count). The first kappa shape index (κ1) is 32.7. The highest BCUT2D eigenvalue weighted by atomic mass is 35.5. The fraction of sp³-hybridized carbons (Fsp3) is 0.333. The Kier molecular flexibility index (Phi) is 10.8. The fourth-order valence-electron chi connectivity index (χ4n) is 3.81. The van der Waals surface area contributed by atoms with Crippen molar-refractivity contribution < 1.29 is 27.9 Å². The highest BCUT2D eigenvalue weighted by molar-refractivity contribution is 7.93. The molecule has 12 nitrogen and oxygen atoms in total. The van der Waals surface area contributed by atoms with E-state index in [0.717, 1.165) is 4.31 Å². The van der Waals surface area contributed by atoms with Gasteiger partial charge in [0.05, 0.1) is 11.2 Å². The lowest BCUT2D eigenvalue weighted by Crippen LogP contribution is -2.35. The van der Waals surface area contributed by atoms with E-state index in [1.807, 2.05) is 18.7 Å². The van der Waals surface area contributed by atoms with Crippen LogP contribution in [0.1, 0.15) is 19.4 Å². The van der Waals surface area contributed by atoms with Gasteiger partial charge in [0, 0.05) is 45.7 Å². The lowest BCUT2D eigenvalue weighted by atomic mass is 10.1. The average Bonchev–Trinajstić information content (AvgIpc) is 2.93. The number of hydrogen-bond acceptors (Lipinski definition) is 9. The van der Waals surface area contributed by atoms with E-state index in [1.54, 1.807) is 38.4 Å². The van der Waals surface area contributed by atoms with Crippen molar-refractivity contribution in [2.45, 2.75) is 31.2 Å². The first-order valence-corrected chi connectivity index (χ1v) is 15.0. The summed E-state index contributed by atoms with van der Waals surface area (Å²) >= 11 is 12.2. The zero-order chi connectivity index (χ0) is 31.2. The minimum absolute atomic E-state index is 0.000757. The Hall–Kier alpha value is -3.81. The number of carbonyl (C=O) groups excluding carboxylic acids is 1. The van der Waals surface area contributed by atoms with E-state index >= 15 is 0 Å². The molecule has 0 aliphatic rings. The van der Waals surface area contributed by atoms with E-state index in [4.69, 9.17) is 27.9 Å². The van der Waals surface area contributed by atoms with Gasteiger partial charge < -0.3 is 25.0 Å². The van der Waals surface area contributed by atoms with Gasteiger partial charge in [-0.3, -0.25) is 4.31 Å². The summed E-state index contributed by atoms with van der Waals surface area (Å²) in [6.07, 6.45) is 0.768. The second-order valence-electron chi connectivity index (χ2n) is 9.27. The van der Waals surface area contributed by atoms with Crippen LogP contribution >= 0.6 is 23.2 Å². The van der Waals surface area contributed by atoms with Crippen LogP contribution in [0, 0.1) is 0 Å². The number of carbonyl (C=O) groups is 2. The number of rotatable bonds is 12. The Balaban J connectivity index is 1.99. The van der Waals surface area contributed by atoms with Crippen molar-refractivity contribution >= 4 is 62.7 Å². The van der Waals surface area contributed by atoms with Gasteiger partial charge in [-0.2, -0.15) is 4.98 Å². The third-order valence-electron chi connectivity index (χ3n) is 6.22. The number of sulfonamides is 1. The van der Waals surface area contributed by atoms with Crippen LogP contribution < -0.4 is 19.3 Å². The summed E-state index contributed by atoms with van der Waals surface area (Å²) in [5.74, 6) is -0.616. The number of ether oxygens (including phenoxy) is 1. The molecule has 2 N–H and O–H groups in total. The molecule has 0 radical (unpaired) electrons. The van der Waals surface area contributed by atoms with E-state index in [1.165, 1.54) is 36.3 Å². The predicted molar refractivity (Wildman–Crippen MR) is 163 cm³/mol. The van der Waals surface area contributed by atoms with Crippen molar-refractivity contribution in [1.29, 1.82) is 0 Å². The Bertz CT molecular complexity index is 1530. The van der Waals surface area contributed by atoms with Gasteiger partial charge in [0.1, 0.15) is 22.4 Å². The molecule has 1 atom stereocenters. The zero-order valence-corrected chi connectivity index (χ0v) is 26.0. The van der Waals surface area contributed by atoms with E-state index in [2.05, 4.69) is 15.3 Å². The van der Waals surface area contributed by atoms with E-state index in [9.17, 15) is 23.1 Å². The Morgan fingerprint density at radius 1 is 1.05 bits per heavy atom. The number of halogens is 2. The Morgan fingerprint density at radius 3 is 2.24 bits per heavy atom. The average molecular weight is 640 g/mol. The molecule has 1 unspecified atom stereocenters. The van der Waals surface area contributed by atoms with Crippen LogP contribution in [0.2, 0.25) is 10.0 Å². The Labute approximate surface area is 254 Å².